The van der Waals surface area contributed by atoms with E-state index in [1.807, 2.05) is 6.07 Å². The van der Waals surface area contributed by atoms with Crippen molar-refractivity contribution in [3.63, 3.8) is 0 Å². The molecule has 4 rings (SSSR count). The lowest BCUT2D eigenvalue weighted by atomic mass is 10.2. The molecule has 25 heavy (non-hydrogen) atoms. The third-order valence-electron chi connectivity index (χ3n) is 3.67. The van der Waals surface area contributed by atoms with Gasteiger partial charge in [0.2, 0.25) is 0 Å². The van der Waals surface area contributed by atoms with Gasteiger partial charge in [0, 0.05) is 12.4 Å². The minimum atomic E-state index is -0.360. The predicted molar refractivity (Wildman–Crippen MR) is 95.2 cm³/mol. The maximum absolute atomic E-state index is 13.7. The molecule has 0 fully saturated rings. The van der Waals surface area contributed by atoms with E-state index in [1.165, 1.54) is 12.3 Å². The number of rotatable bonds is 3. The monoisotopic (exact) mass is 357 g/mol. The number of carbonyl (C=O) groups excluding carboxylic acids is 1. The molecular weight excluding hydrogens is 345 g/mol. The van der Waals surface area contributed by atoms with Crippen LogP contribution >= 0.6 is 12.4 Å². The molecule has 8 heteroatoms. The minimum Gasteiger partial charge on any atom is -0.311 e. The largest absolute Gasteiger partial charge is 0.311 e. The molecule has 2 N–H and O–H groups in total. The molecule has 6 nitrogen and oxygen atoms in total. The quantitative estimate of drug-likeness (QED) is 0.552. The summed E-state index contributed by atoms with van der Waals surface area (Å²) in [6, 6.07) is 11.9. The molecular formula is C17H13ClFN5O. The molecule has 3 aromatic heterocycles. The summed E-state index contributed by atoms with van der Waals surface area (Å²) >= 11 is 0. The smallest absolute Gasteiger partial charge is 0.288 e. The molecule has 0 saturated heterocycles. The molecule has 0 atom stereocenters. The number of benzene rings is 1. The number of hydrogen-bond donors (Lipinski definition) is 2. The first kappa shape index (κ1) is 16.7. The van der Waals surface area contributed by atoms with Gasteiger partial charge in [-0.1, -0.05) is 12.1 Å². The highest BCUT2D eigenvalue weighted by atomic mass is 35.5. The minimum absolute atomic E-state index is 0. The fraction of sp³-hybridized carbons (Fsp3) is 0. The van der Waals surface area contributed by atoms with Crippen LogP contribution in [0.1, 0.15) is 10.5 Å². The van der Waals surface area contributed by atoms with Gasteiger partial charge in [-0.2, -0.15) is 0 Å². The fourth-order valence-corrected chi connectivity index (χ4v) is 2.53. The second kappa shape index (κ2) is 6.74. The van der Waals surface area contributed by atoms with Crippen molar-refractivity contribution in [1.29, 1.82) is 0 Å². The van der Waals surface area contributed by atoms with E-state index in [1.54, 1.807) is 47.1 Å². The van der Waals surface area contributed by atoms with Gasteiger partial charge in [-0.3, -0.25) is 25.6 Å². The van der Waals surface area contributed by atoms with Crippen molar-refractivity contribution in [3.8, 4) is 0 Å². The summed E-state index contributed by atoms with van der Waals surface area (Å²) in [6.45, 7) is 0. The van der Waals surface area contributed by atoms with Crippen LogP contribution in [0.3, 0.4) is 0 Å². The Bertz CT molecular complexity index is 1050. The van der Waals surface area contributed by atoms with Crippen LogP contribution in [-0.4, -0.2) is 20.3 Å². The zero-order valence-corrected chi connectivity index (χ0v) is 13.6. The average Bonchev–Trinajstić information content (AvgIpc) is 3.02. The van der Waals surface area contributed by atoms with Crippen LogP contribution < -0.4 is 10.9 Å². The summed E-state index contributed by atoms with van der Waals surface area (Å²) in [5, 5.41) is 0. The number of aromatic nitrogens is 3. The second-order valence-electron chi connectivity index (χ2n) is 5.14. The Morgan fingerprint density at radius 2 is 1.92 bits per heavy atom. The van der Waals surface area contributed by atoms with Gasteiger partial charge < -0.3 is 4.40 Å². The summed E-state index contributed by atoms with van der Waals surface area (Å²) in [5.41, 5.74) is 8.08. The van der Waals surface area contributed by atoms with Gasteiger partial charge in [0.15, 0.2) is 0 Å². The highest BCUT2D eigenvalue weighted by molar-refractivity contribution is 5.95. The molecule has 0 aliphatic rings. The standard InChI is InChI=1S/C17H12FN5O.ClH/c18-11-7-9-23-14-6-3-5-12(16(14)20-10-15(11)23)21-22-17(24)13-4-1-2-8-19-13;/h1-10,21H,(H,22,24);1H. The lowest BCUT2D eigenvalue weighted by molar-refractivity contribution is 0.0958. The number of nitrogens with one attached hydrogen (secondary N) is 2. The summed E-state index contributed by atoms with van der Waals surface area (Å²) in [5.74, 6) is -0.688. The van der Waals surface area contributed by atoms with E-state index in [0.717, 1.165) is 5.52 Å². The number of pyridine rings is 1. The topological polar surface area (TPSA) is 71.3 Å². The van der Waals surface area contributed by atoms with Crippen LogP contribution in [-0.2, 0) is 0 Å². The van der Waals surface area contributed by atoms with Crippen molar-refractivity contribution in [2.24, 2.45) is 0 Å². The lowest BCUT2D eigenvalue weighted by Crippen LogP contribution is -2.30. The zero-order chi connectivity index (χ0) is 16.5. The highest BCUT2D eigenvalue weighted by Crippen LogP contribution is 2.23. The Kier molecular flexibility index (Phi) is 4.49. The van der Waals surface area contributed by atoms with E-state index in [4.69, 9.17) is 0 Å². The van der Waals surface area contributed by atoms with Crippen LogP contribution in [0.4, 0.5) is 10.1 Å². The maximum atomic E-state index is 13.7. The van der Waals surface area contributed by atoms with Gasteiger partial charge in [0.25, 0.3) is 5.91 Å². The van der Waals surface area contributed by atoms with Crippen molar-refractivity contribution in [1.82, 2.24) is 19.8 Å². The van der Waals surface area contributed by atoms with E-state index in [9.17, 15) is 9.18 Å². The SMILES string of the molecule is Cl.O=C(NNc1cccc2c1ncc1c(F)ccn12)c1ccccn1. The first-order chi connectivity index (χ1) is 11.7. The summed E-state index contributed by atoms with van der Waals surface area (Å²) in [4.78, 5) is 20.3. The first-order valence-corrected chi connectivity index (χ1v) is 7.26. The van der Waals surface area contributed by atoms with E-state index >= 15 is 0 Å². The number of anilines is 1. The number of hydrazine groups is 1. The first-order valence-electron chi connectivity index (χ1n) is 7.26. The Labute approximate surface area is 148 Å². The molecule has 0 unspecified atom stereocenters. The van der Waals surface area contributed by atoms with Gasteiger partial charge in [-0.25, -0.2) is 4.39 Å². The molecule has 126 valence electrons. The van der Waals surface area contributed by atoms with Crippen molar-refractivity contribution in [2.75, 3.05) is 5.43 Å². The van der Waals surface area contributed by atoms with Crippen LogP contribution in [0.15, 0.2) is 61.1 Å². The van der Waals surface area contributed by atoms with Gasteiger partial charge in [-0.15, -0.1) is 12.4 Å². The molecule has 1 amide bonds. The number of para-hydroxylation sites is 1. The van der Waals surface area contributed by atoms with Crippen molar-refractivity contribution in [3.05, 3.63) is 72.6 Å². The Hall–Kier alpha value is -3.19. The number of amides is 1. The van der Waals surface area contributed by atoms with E-state index in [0.29, 0.717) is 22.4 Å². The number of hydrogen-bond acceptors (Lipinski definition) is 4. The van der Waals surface area contributed by atoms with Gasteiger partial charge in [0.1, 0.15) is 22.5 Å². The van der Waals surface area contributed by atoms with E-state index in [2.05, 4.69) is 20.8 Å². The van der Waals surface area contributed by atoms with Gasteiger partial charge >= 0.3 is 0 Å². The molecule has 0 bridgehead atoms. The molecule has 0 aliphatic carbocycles. The Morgan fingerprint density at radius 1 is 1.04 bits per heavy atom. The summed E-state index contributed by atoms with van der Waals surface area (Å²) in [7, 11) is 0. The molecule has 0 aliphatic heterocycles. The van der Waals surface area contributed by atoms with E-state index in [-0.39, 0.29) is 24.1 Å². The van der Waals surface area contributed by atoms with Crippen molar-refractivity contribution < 1.29 is 9.18 Å². The Morgan fingerprint density at radius 3 is 2.72 bits per heavy atom. The molecule has 3 heterocycles. The van der Waals surface area contributed by atoms with Crippen molar-refractivity contribution >= 4 is 40.6 Å². The summed E-state index contributed by atoms with van der Waals surface area (Å²) in [6.07, 6.45) is 4.65. The number of carbonyl (C=O) groups is 1. The molecule has 0 saturated carbocycles. The Balaban J connectivity index is 0.00000182. The number of nitrogens with zero attached hydrogens (tertiary/aromatic N) is 3. The predicted octanol–water partition coefficient (Wildman–Crippen LogP) is 3.20. The number of halogens is 2. The van der Waals surface area contributed by atoms with Crippen LogP contribution in [0, 0.1) is 5.82 Å². The summed E-state index contributed by atoms with van der Waals surface area (Å²) < 4.78 is 15.4. The normalized spacial score (nSPS) is 10.4. The fourth-order valence-electron chi connectivity index (χ4n) is 2.53. The van der Waals surface area contributed by atoms with Gasteiger partial charge in [0.05, 0.1) is 17.4 Å². The highest BCUT2D eigenvalue weighted by Gasteiger charge is 2.10. The number of fused-ring (bicyclic) bond motifs is 3. The average molecular weight is 358 g/mol. The van der Waals surface area contributed by atoms with Crippen molar-refractivity contribution in [2.45, 2.75) is 0 Å². The molecule has 0 spiro atoms. The molecule has 0 radical (unpaired) electrons. The van der Waals surface area contributed by atoms with Gasteiger partial charge in [-0.05, 0) is 30.3 Å². The third-order valence-corrected chi connectivity index (χ3v) is 3.67. The van der Waals surface area contributed by atoms with Crippen LogP contribution in [0.2, 0.25) is 0 Å². The molecule has 4 aromatic rings. The maximum Gasteiger partial charge on any atom is 0.288 e. The molecule has 1 aromatic carbocycles. The lowest BCUT2D eigenvalue weighted by Gasteiger charge is -2.11. The van der Waals surface area contributed by atoms with E-state index < -0.39 is 0 Å². The zero-order valence-electron chi connectivity index (χ0n) is 12.8. The van der Waals surface area contributed by atoms with Crippen LogP contribution in [0.25, 0.3) is 16.6 Å². The van der Waals surface area contributed by atoms with Crippen LogP contribution in [0.5, 0.6) is 0 Å². The second-order valence-corrected chi connectivity index (χ2v) is 5.14. The third kappa shape index (κ3) is 2.97.